The van der Waals surface area contributed by atoms with Gasteiger partial charge in [-0.3, -0.25) is 0 Å². The van der Waals surface area contributed by atoms with Crippen LogP contribution in [0.2, 0.25) is 0 Å². The maximum Gasteiger partial charge on any atom is 0.169 e. The zero-order valence-electron chi connectivity index (χ0n) is 34.1. The highest BCUT2D eigenvalue weighted by atomic mass is 15.0. The van der Waals surface area contributed by atoms with E-state index in [0.29, 0.717) is 0 Å². The monoisotopic (exact) mass is 778 g/mol. The van der Waals surface area contributed by atoms with Crippen LogP contribution in [0.4, 0.5) is 0 Å². The van der Waals surface area contributed by atoms with Crippen molar-refractivity contribution in [3.63, 3.8) is 0 Å². The van der Waals surface area contributed by atoms with Crippen LogP contribution in [-0.4, -0.2) is 22.4 Å². The van der Waals surface area contributed by atoms with Gasteiger partial charge in [0.2, 0.25) is 0 Å². The van der Waals surface area contributed by atoms with Crippen LogP contribution in [-0.2, 0) is 21.1 Å². The number of nitrogens with one attached hydrogen (secondary N) is 2. The van der Waals surface area contributed by atoms with E-state index < -0.39 is 0 Å². The minimum atomic E-state index is -0.0151. The first-order chi connectivity index (χ1) is 29.3. The number of aromatic nitrogens is 4. The van der Waals surface area contributed by atoms with Gasteiger partial charge < -0.3 is 10.3 Å². The third-order valence-corrected chi connectivity index (χ3v) is 11.5. The van der Waals surface area contributed by atoms with Crippen molar-refractivity contribution in [3.8, 4) is 11.8 Å². The minimum absolute atomic E-state index is 0.0151. The number of aryl methyl sites for hydroxylation is 4. The van der Waals surface area contributed by atoms with E-state index in [4.69, 9.17) is 9.98 Å². The Morgan fingerprint density at radius 3 is 1.55 bits per heavy atom. The Hall–Kier alpha value is -7.69. The molecule has 4 aromatic heterocycles. The second-order valence-corrected chi connectivity index (χ2v) is 15.8. The van der Waals surface area contributed by atoms with Crippen molar-refractivity contribution >= 4 is 33.7 Å². The molecule has 0 radical (unpaired) electrons. The standard InChI is InChI=1S/C53H43N7/c1-35-5-7-36(8-6-35)9-10-37-11-13-38(14-12-37)50-42-15-17-44(54-42)51(39-23-29-58(2)30-24-39)46-19-21-48(56-46)53(41-27-33-60(4)34-28-41)49-22-20-47(57-49)52(45-18-16-43(50)55-45)40-25-31-59(3)32-26-40/h5-8,11-21,23-34,49,57H,22H2,1-4H3/q+2/p+1. The highest BCUT2D eigenvalue weighted by Crippen LogP contribution is 2.38. The van der Waals surface area contributed by atoms with Crippen molar-refractivity contribution in [2.75, 3.05) is 0 Å². The fourth-order valence-corrected chi connectivity index (χ4v) is 8.25. The molecule has 6 aromatic rings. The zero-order chi connectivity index (χ0) is 40.7. The number of aromatic amines is 1. The second-order valence-electron chi connectivity index (χ2n) is 15.8. The molecule has 4 aliphatic heterocycles. The molecule has 0 amide bonds. The van der Waals surface area contributed by atoms with E-state index >= 15 is 0 Å². The van der Waals surface area contributed by atoms with Crippen molar-refractivity contribution < 1.29 is 13.7 Å². The first kappa shape index (κ1) is 36.6. The molecule has 8 heterocycles. The summed E-state index contributed by atoms with van der Waals surface area (Å²) in [7, 11) is 6.14. The van der Waals surface area contributed by atoms with Gasteiger partial charge in [0.15, 0.2) is 37.2 Å². The van der Waals surface area contributed by atoms with E-state index in [1.54, 1.807) is 0 Å². The molecule has 10 rings (SSSR count). The molecule has 1 atom stereocenters. The number of allylic oxidation sites excluding steroid dienone is 5. The molecule has 8 bridgehead atoms. The van der Waals surface area contributed by atoms with Gasteiger partial charge in [-0.1, -0.05) is 47.7 Å². The molecule has 7 heteroatoms. The molecule has 60 heavy (non-hydrogen) atoms. The normalized spacial score (nSPS) is 16.7. The summed E-state index contributed by atoms with van der Waals surface area (Å²) in [6, 6.07) is 34.2. The predicted molar refractivity (Wildman–Crippen MR) is 238 cm³/mol. The van der Waals surface area contributed by atoms with Gasteiger partial charge in [0.1, 0.15) is 21.1 Å². The molecule has 0 spiro atoms. The van der Waals surface area contributed by atoms with Gasteiger partial charge >= 0.3 is 0 Å². The van der Waals surface area contributed by atoms with E-state index in [1.807, 2.05) is 21.1 Å². The van der Waals surface area contributed by atoms with E-state index in [1.165, 1.54) is 5.56 Å². The number of rotatable bonds is 4. The number of fused-ring (bicyclic) bond motifs is 6. The van der Waals surface area contributed by atoms with Gasteiger partial charge in [-0.05, 0) is 96.3 Å². The molecular formula is C53H44N7+3. The average Bonchev–Trinajstić information content (AvgIpc) is 4.11. The number of hydrogen-bond donors (Lipinski definition) is 2. The van der Waals surface area contributed by atoms with Gasteiger partial charge in [0.25, 0.3) is 0 Å². The molecule has 0 fully saturated rings. The summed E-state index contributed by atoms with van der Waals surface area (Å²) >= 11 is 0. The van der Waals surface area contributed by atoms with E-state index in [9.17, 15) is 0 Å². The smallest absolute Gasteiger partial charge is 0.169 e. The summed E-state index contributed by atoms with van der Waals surface area (Å²) in [4.78, 5) is 14.8. The molecule has 2 N–H and O–H groups in total. The average molecular weight is 779 g/mol. The number of benzene rings is 2. The fraction of sp³-hybridized carbons (Fsp3) is 0.113. The quantitative estimate of drug-likeness (QED) is 0.175. The molecule has 0 saturated carbocycles. The van der Waals surface area contributed by atoms with E-state index in [-0.39, 0.29) is 6.04 Å². The van der Waals surface area contributed by atoms with Crippen LogP contribution >= 0.6 is 0 Å². The molecule has 7 nitrogen and oxygen atoms in total. The largest absolute Gasteiger partial charge is 0.378 e. The first-order valence-corrected chi connectivity index (χ1v) is 20.3. The Labute approximate surface area is 350 Å². The van der Waals surface area contributed by atoms with Crippen LogP contribution in [0, 0.1) is 18.8 Å². The van der Waals surface area contributed by atoms with Crippen molar-refractivity contribution in [2.24, 2.45) is 31.1 Å². The topological polar surface area (TPSA) is 64.2 Å². The first-order valence-electron chi connectivity index (χ1n) is 20.3. The molecule has 288 valence electrons. The highest BCUT2D eigenvalue weighted by Gasteiger charge is 2.30. The second kappa shape index (κ2) is 15.2. The summed E-state index contributed by atoms with van der Waals surface area (Å²) in [5.74, 6) is 6.69. The lowest BCUT2D eigenvalue weighted by molar-refractivity contribution is -0.671. The predicted octanol–water partition coefficient (Wildman–Crippen LogP) is 5.70. The van der Waals surface area contributed by atoms with Crippen molar-refractivity contribution in [1.29, 1.82) is 0 Å². The summed E-state index contributed by atoms with van der Waals surface area (Å²) in [5, 5.41) is 5.91. The third-order valence-electron chi connectivity index (χ3n) is 11.5. The lowest BCUT2D eigenvalue weighted by Crippen LogP contribution is -2.29. The van der Waals surface area contributed by atoms with Gasteiger partial charge in [0.05, 0.1) is 28.9 Å². The van der Waals surface area contributed by atoms with Gasteiger partial charge in [-0.15, -0.1) is 0 Å². The van der Waals surface area contributed by atoms with Crippen LogP contribution in [0.25, 0.3) is 22.3 Å². The Balaban J connectivity index is 1.22. The Bertz CT molecular complexity index is 3120. The summed E-state index contributed by atoms with van der Waals surface area (Å²) in [5.41, 5.74) is 16.5. The molecule has 4 aliphatic rings. The number of aliphatic imine (C=N–C) groups is 2. The zero-order valence-corrected chi connectivity index (χ0v) is 34.1. The Kier molecular flexibility index (Phi) is 9.31. The number of nitrogens with zero attached hydrogens (tertiary/aromatic N) is 5. The van der Waals surface area contributed by atoms with Crippen molar-refractivity contribution in [2.45, 2.75) is 19.4 Å². The lowest BCUT2D eigenvalue weighted by Gasteiger charge is -2.21. The minimum Gasteiger partial charge on any atom is -0.378 e. The molecular weight excluding hydrogens is 735 g/mol. The molecule has 2 aromatic carbocycles. The summed E-state index contributed by atoms with van der Waals surface area (Å²) in [6.45, 7) is 2.09. The van der Waals surface area contributed by atoms with E-state index in [0.717, 1.165) is 101 Å². The van der Waals surface area contributed by atoms with Crippen LogP contribution in [0.5, 0.6) is 0 Å². The number of hydrogen-bond acceptors (Lipinski definition) is 3. The number of pyridine rings is 3. The van der Waals surface area contributed by atoms with Crippen LogP contribution in [0.15, 0.2) is 192 Å². The Morgan fingerprint density at radius 1 is 0.517 bits per heavy atom. The lowest BCUT2D eigenvalue weighted by atomic mass is 9.96. The van der Waals surface area contributed by atoms with E-state index in [2.05, 4.69) is 207 Å². The van der Waals surface area contributed by atoms with Crippen molar-refractivity contribution in [1.82, 2.24) is 10.3 Å². The SMILES string of the molecule is Cc1ccc(C#Cc2ccc(C3=c4ccc([nH]4)=C(c4cc[n+](C)cc4)C4=NC(=C(c5cc[n+](C)cc5)C5CC=C(N5)C(c5cc[n+](C)cc5)=C5C=CC3=N5)C=C4)cc2)cc1. The summed E-state index contributed by atoms with van der Waals surface area (Å²) in [6.07, 6.45) is 24.3. The highest BCUT2D eigenvalue weighted by molar-refractivity contribution is 6.31. The maximum atomic E-state index is 5.48. The number of H-pyrrole nitrogens is 1. The third kappa shape index (κ3) is 7.09. The fourth-order valence-electron chi connectivity index (χ4n) is 8.25. The van der Waals surface area contributed by atoms with Crippen LogP contribution in [0.3, 0.4) is 0 Å². The molecule has 0 saturated heterocycles. The molecule has 1 unspecified atom stereocenters. The van der Waals surface area contributed by atoms with Gasteiger partial charge in [-0.2, -0.15) is 0 Å². The maximum absolute atomic E-state index is 5.48. The van der Waals surface area contributed by atoms with Crippen molar-refractivity contribution in [3.05, 3.63) is 231 Å². The molecule has 0 aliphatic carbocycles. The van der Waals surface area contributed by atoms with Gasteiger partial charge in [0, 0.05) is 86.2 Å². The van der Waals surface area contributed by atoms with Crippen LogP contribution in [0.1, 0.15) is 45.4 Å². The van der Waals surface area contributed by atoms with Gasteiger partial charge in [-0.25, -0.2) is 23.7 Å². The summed E-state index contributed by atoms with van der Waals surface area (Å²) < 4.78 is 6.19. The Morgan fingerprint density at radius 2 is 0.983 bits per heavy atom. The van der Waals surface area contributed by atoms with Crippen LogP contribution < -0.4 is 29.7 Å².